The Morgan fingerprint density at radius 1 is 1.33 bits per heavy atom. The van der Waals surface area contributed by atoms with Crippen LogP contribution in [0.5, 0.6) is 0 Å². The summed E-state index contributed by atoms with van der Waals surface area (Å²) in [5, 5.41) is 8.98. The topological polar surface area (TPSA) is 73.3 Å². The normalized spacial score (nSPS) is 26.4. The summed E-state index contributed by atoms with van der Waals surface area (Å²) in [7, 11) is 2.08. The molecule has 0 saturated carbocycles. The molecule has 7 nitrogen and oxygen atoms in total. The van der Waals surface area contributed by atoms with Gasteiger partial charge in [0.1, 0.15) is 6.61 Å². The molecule has 2 rings (SSSR count). The fraction of sp³-hybridized carbons (Fsp3) is 0.818. The van der Waals surface area contributed by atoms with Gasteiger partial charge < -0.3 is 14.7 Å². The van der Waals surface area contributed by atoms with Gasteiger partial charge in [0.05, 0.1) is 0 Å². The number of hydrogen-bond donors (Lipinski definition) is 1. The van der Waals surface area contributed by atoms with Gasteiger partial charge in [-0.1, -0.05) is 0 Å². The molecule has 1 amide bonds. The molecule has 2 aliphatic heterocycles. The summed E-state index contributed by atoms with van der Waals surface area (Å²) >= 11 is 0. The Morgan fingerprint density at radius 2 is 2.00 bits per heavy atom. The first-order valence-corrected chi connectivity index (χ1v) is 6.15. The molecule has 2 heterocycles. The molecule has 2 fully saturated rings. The average molecular weight is 257 g/mol. The summed E-state index contributed by atoms with van der Waals surface area (Å²) in [6.07, 6.45) is -0.517. The van der Waals surface area contributed by atoms with E-state index in [0.717, 1.165) is 26.2 Å². The van der Waals surface area contributed by atoms with Crippen molar-refractivity contribution in [3.8, 4) is 0 Å². The number of carbonyl (C=O) groups is 2. The number of rotatable bonds is 4. The van der Waals surface area contributed by atoms with Gasteiger partial charge >= 0.3 is 12.1 Å². The van der Waals surface area contributed by atoms with Crippen LogP contribution in [0.4, 0.5) is 4.79 Å². The van der Waals surface area contributed by atoms with Crippen LogP contribution in [0.15, 0.2) is 0 Å². The van der Waals surface area contributed by atoms with Gasteiger partial charge in [0, 0.05) is 39.3 Å². The quantitative estimate of drug-likeness (QED) is 0.706. The number of piperazine rings is 1. The predicted molar refractivity (Wildman–Crippen MR) is 63.4 cm³/mol. The number of aliphatic carboxylic acids is 1. The molecule has 1 atom stereocenters. The van der Waals surface area contributed by atoms with E-state index in [2.05, 4.69) is 16.8 Å². The third-order valence-corrected chi connectivity index (χ3v) is 3.51. The van der Waals surface area contributed by atoms with Crippen LogP contribution in [0.25, 0.3) is 0 Å². The zero-order valence-electron chi connectivity index (χ0n) is 10.5. The van der Waals surface area contributed by atoms with Crippen molar-refractivity contribution in [1.29, 1.82) is 0 Å². The summed E-state index contributed by atoms with van der Waals surface area (Å²) in [4.78, 5) is 28.2. The number of hydrogen-bond acceptors (Lipinski definition) is 5. The zero-order chi connectivity index (χ0) is 13.1. The van der Waals surface area contributed by atoms with Gasteiger partial charge in [-0.3, -0.25) is 9.80 Å². The average Bonchev–Trinajstić information content (AvgIpc) is 2.70. The number of carboxylic acids is 1. The Morgan fingerprint density at radius 3 is 2.61 bits per heavy atom. The van der Waals surface area contributed by atoms with Crippen molar-refractivity contribution < 1.29 is 19.4 Å². The van der Waals surface area contributed by atoms with E-state index in [-0.39, 0.29) is 6.61 Å². The van der Waals surface area contributed by atoms with Crippen LogP contribution in [0, 0.1) is 0 Å². The number of amides is 1. The third kappa shape index (κ3) is 2.91. The van der Waals surface area contributed by atoms with Crippen molar-refractivity contribution in [1.82, 2.24) is 14.7 Å². The van der Waals surface area contributed by atoms with Crippen molar-refractivity contribution in [2.45, 2.75) is 6.04 Å². The molecule has 1 N–H and O–H groups in total. The van der Waals surface area contributed by atoms with Gasteiger partial charge in [-0.2, -0.15) is 0 Å². The maximum Gasteiger partial charge on any atom is 0.410 e. The SMILES string of the molecule is CN1CCN(CCN2C(=O)OCC2C(=O)O)CC1. The van der Waals surface area contributed by atoms with Gasteiger partial charge in [0.2, 0.25) is 0 Å². The van der Waals surface area contributed by atoms with E-state index >= 15 is 0 Å². The number of cyclic esters (lactones) is 1. The Bertz CT molecular complexity index is 328. The fourth-order valence-electron chi connectivity index (χ4n) is 2.22. The summed E-state index contributed by atoms with van der Waals surface area (Å²) in [6, 6.07) is -0.829. The van der Waals surface area contributed by atoms with Crippen molar-refractivity contribution in [2.75, 3.05) is 52.9 Å². The third-order valence-electron chi connectivity index (χ3n) is 3.51. The van der Waals surface area contributed by atoms with Gasteiger partial charge in [-0.15, -0.1) is 0 Å². The highest BCUT2D eigenvalue weighted by Crippen LogP contribution is 2.12. The van der Waals surface area contributed by atoms with Gasteiger partial charge in [0.25, 0.3) is 0 Å². The van der Waals surface area contributed by atoms with E-state index in [9.17, 15) is 9.59 Å². The van der Waals surface area contributed by atoms with Crippen molar-refractivity contribution in [2.24, 2.45) is 0 Å². The predicted octanol–water partition coefficient (Wildman–Crippen LogP) is -0.861. The Kier molecular flexibility index (Phi) is 4.03. The number of nitrogens with zero attached hydrogens (tertiary/aromatic N) is 3. The second kappa shape index (κ2) is 5.53. The summed E-state index contributed by atoms with van der Waals surface area (Å²) in [5.74, 6) is -1.00. The van der Waals surface area contributed by atoms with E-state index in [4.69, 9.17) is 9.84 Å². The molecule has 0 spiro atoms. The standard InChI is InChI=1S/C11H19N3O4/c1-12-2-4-13(5-3-12)6-7-14-9(10(15)16)8-18-11(14)17/h9H,2-8H2,1H3,(H,15,16). The van der Waals surface area contributed by atoms with Gasteiger partial charge in [-0.25, -0.2) is 9.59 Å². The molecule has 0 bridgehead atoms. The monoisotopic (exact) mass is 257 g/mol. The molecule has 18 heavy (non-hydrogen) atoms. The number of carboxylic acid groups (broad SMARTS) is 1. The number of carbonyl (C=O) groups excluding carboxylic acids is 1. The van der Waals surface area contributed by atoms with E-state index in [0.29, 0.717) is 13.1 Å². The highest BCUT2D eigenvalue weighted by Gasteiger charge is 2.37. The highest BCUT2D eigenvalue weighted by molar-refractivity contribution is 5.82. The Balaban J connectivity index is 1.81. The van der Waals surface area contributed by atoms with Crippen molar-refractivity contribution >= 4 is 12.1 Å². The molecule has 0 aliphatic carbocycles. The molecule has 0 radical (unpaired) electrons. The van der Waals surface area contributed by atoms with Crippen molar-refractivity contribution in [3.05, 3.63) is 0 Å². The van der Waals surface area contributed by atoms with Gasteiger partial charge in [0.15, 0.2) is 6.04 Å². The lowest BCUT2D eigenvalue weighted by Gasteiger charge is -2.33. The maximum atomic E-state index is 11.4. The second-order valence-electron chi connectivity index (χ2n) is 4.77. The summed E-state index contributed by atoms with van der Waals surface area (Å²) in [5.41, 5.74) is 0. The molecule has 0 aromatic rings. The van der Waals surface area contributed by atoms with Crippen LogP contribution in [-0.2, 0) is 9.53 Å². The van der Waals surface area contributed by atoms with Crippen LogP contribution in [-0.4, -0.2) is 90.8 Å². The maximum absolute atomic E-state index is 11.4. The first kappa shape index (κ1) is 13.1. The zero-order valence-corrected chi connectivity index (χ0v) is 10.5. The molecule has 0 aromatic heterocycles. The van der Waals surface area contributed by atoms with E-state index in [1.807, 2.05) is 0 Å². The minimum absolute atomic E-state index is 0.0447. The van der Waals surface area contributed by atoms with Crippen LogP contribution in [0.1, 0.15) is 0 Å². The number of ether oxygens (including phenoxy) is 1. The van der Waals surface area contributed by atoms with Crippen LogP contribution in [0.2, 0.25) is 0 Å². The largest absolute Gasteiger partial charge is 0.480 e. The lowest BCUT2D eigenvalue weighted by molar-refractivity contribution is -0.141. The lowest BCUT2D eigenvalue weighted by atomic mass is 10.3. The molecule has 7 heteroatoms. The Hall–Kier alpha value is -1.34. The fourth-order valence-corrected chi connectivity index (χ4v) is 2.22. The molecule has 0 aromatic carbocycles. The molecular formula is C11H19N3O4. The van der Waals surface area contributed by atoms with Crippen LogP contribution < -0.4 is 0 Å². The number of likely N-dealkylation sites (N-methyl/N-ethyl adjacent to an activating group) is 1. The second-order valence-corrected chi connectivity index (χ2v) is 4.77. The first-order chi connectivity index (χ1) is 8.58. The molecule has 2 aliphatic rings. The molecule has 2 saturated heterocycles. The minimum Gasteiger partial charge on any atom is -0.480 e. The highest BCUT2D eigenvalue weighted by atomic mass is 16.6. The van der Waals surface area contributed by atoms with E-state index in [1.54, 1.807) is 0 Å². The summed E-state index contributed by atoms with van der Waals surface area (Å²) < 4.78 is 4.78. The van der Waals surface area contributed by atoms with Crippen LogP contribution >= 0.6 is 0 Å². The molecule has 102 valence electrons. The van der Waals surface area contributed by atoms with E-state index in [1.165, 1.54) is 4.90 Å². The summed E-state index contributed by atoms with van der Waals surface area (Å²) in [6.45, 7) is 5.00. The smallest absolute Gasteiger partial charge is 0.410 e. The molecular weight excluding hydrogens is 238 g/mol. The Labute approximate surface area is 106 Å². The molecule has 1 unspecified atom stereocenters. The minimum atomic E-state index is -1.00. The van der Waals surface area contributed by atoms with E-state index < -0.39 is 18.1 Å². The lowest BCUT2D eigenvalue weighted by Crippen LogP contribution is -2.49. The van der Waals surface area contributed by atoms with Gasteiger partial charge in [-0.05, 0) is 7.05 Å². The first-order valence-electron chi connectivity index (χ1n) is 6.15. The van der Waals surface area contributed by atoms with Crippen LogP contribution in [0.3, 0.4) is 0 Å². The van der Waals surface area contributed by atoms with Crippen molar-refractivity contribution in [3.63, 3.8) is 0 Å².